The number of amides is 2. The number of halogens is 1. The lowest BCUT2D eigenvalue weighted by molar-refractivity contribution is -0.120. The number of ether oxygens (including phenoxy) is 1. The third-order valence-electron chi connectivity index (χ3n) is 3.66. The number of nitrogens with two attached hydrogens (primary N) is 2. The molecule has 1 fully saturated rings. The molecule has 2 atom stereocenters. The highest BCUT2D eigenvalue weighted by molar-refractivity contribution is 5.91. The monoisotopic (exact) mass is 327 g/mol. The first-order chi connectivity index (χ1) is 10.0. The number of carbonyl (C=O) groups excluding carboxylic acids is 2. The Kier molecular flexibility index (Phi) is 7.14. The second-order valence-corrected chi connectivity index (χ2v) is 5.39. The quantitative estimate of drug-likeness (QED) is 0.734. The fraction of sp³-hybridized carbons (Fsp3) is 0.467. The second kappa shape index (κ2) is 8.60. The first kappa shape index (κ1) is 18.3. The molecular weight excluding hydrogens is 306 g/mol. The first-order valence-electron chi connectivity index (χ1n) is 7.11. The molecule has 1 aliphatic rings. The molecule has 22 heavy (non-hydrogen) atoms. The second-order valence-electron chi connectivity index (χ2n) is 5.39. The summed E-state index contributed by atoms with van der Waals surface area (Å²) in [5.74, 6) is 0.160. The standard InChI is InChI=1S/C15H21N3O3.ClH/c16-13-6-1-3-10(13)7-15(20)18-11-4-2-5-12(8-11)21-9-14(17)19;/h2,4-5,8,10,13H,1,3,6-7,9,16H2,(H2,17,19)(H,18,20);1H/t10-,13+;/m0./s1. The Balaban J connectivity index is 0.00000242. The van der Waals surface area contributed by atoms with Gasteiger partial charge >= 0.3 is 0 Å². The molecule has 2 amide bonds. The number of hydrogen-bond donors (Lipinski definition) is 3. The van der Waals surface area contributed by atoms with Crippen LogP contribution in [-0.4, -0.2) is 24.5 Å². The Hall–Kier alpha value is -1.79. The Morgan fingerprint density at radius 1 is 1.32 bits per heavy atom. The minimum Gasteiger partial charge on any atom is -0.484 e. The van der Waals surface area contributed by atoms with E-state index in [1.54, 1.807) is 24.3 Å². The first-order valence-corrected chi connectivity index (χ1v) is 7.11. The lowest BCUT2D eigenvalue weighted by Gasteiger charge is -2.15. The van der Waals surface area contributed by atoms with Crippen LogP contribution in [0.1, 0.15) is 25.7 Å². The van der Waals surface area contributed by atoms with Crippen LogP contribution < -0.4 is 21.5 Å². The van der Waals surface area contributed by atoms with Gasteiger partial charge in [0.1, 0.15) is 5.75 Å². The Morgan fingerprint density at radius 2 is 2.09 bits per heavy atom. The molecule has 1 saturated carbocycles. The molecule has 0 unspecified atom stereocenters. The van der Waals surface area contributed by atoms with Crippen molar-refractivity contribution in [1.82, 2.24) is 0 Å². The van der Waals surface area contributed by atoms with Gasteiger partial charge in [0.05, 0.1) is 0 Å². The van der Waals surface area contributed by atoms with Crippen molar-refractivity contribution < 1.29 is 14.3 Å². The molecule has 1 aromatic rings. The third kappa shape index (κ3) is 5.54. The lowest BCUT2D eigenvalue weighted by atomic mass is 10.00. The minimum absolute atomic E-state index is 0. The zero-order chi connectivity index (χ0) is 15.2. The highest BCUT2D eigenvalue weighted by Crippen LogP contribution is 2.27. The van der Waals surface area contributed by atoms with Crippen molar-refractivity contribution >= 4 is 29.9 Å². The summed E-state index contributed by atoms with van der Waals surface area (Å²) in [5.41, 5.74) is 11.6. The van der Waals surface area contributed by atoms with Crippen molar-refractivity contribution in [2.24, 2.45) is 17.4 Å². The summed E-state index contributed by atoms with van der Waals surface area (Å²) in [7, 11) is 0. The van der Waals surface area contributed by atoms with Crippen molar-refractivity contribution in [3.63, 3.8) is 0 Å². The van der Waals surface area contributed by atoms with E-state index >= 15 is 0 Å². The van der Waals surface area contributed by atoms with Gasteiger partial charge in [0.2, 0.25) is 5.91 Å². The van der Waals surface area contributed by atoms with Gasteiger partial charge in [-0.05, 0) is 30.9 Å². The van der Waals surface area contributed by atoms with E-state index < -0.39 is 5.91 Å². The van der Waals surface area contributed by atoms with Gasteiger partial charge in [0.25, 0.3) is 5.91 Å². The van der Waals surface area contributed by atoms with Gasteiger partial charge in [-0.15, -0.1) is 12.4 Å². The SMILES string of the molecule is Cl.NC(=O)COc1cccc(NC(=O)C[C@@H]2CCC[C@H]2N)c1. The zero-order valence-electron chi connectivity index (χ0n) is 12.3. The molecule has 0 spiro atoms. The average Bonchev–Trinajstić information content (AvgIpc) is 2.82. The van der Waals surface area contributed by atoms with Crippen molar-refractivity contribution in [3.05, 3.63) is 24.3 Å². The molecule has 1 aliphatic carbocycles. The van der Waals surface area contributed by atoms with E-state index in [9.17, 15) is 9.59 Å². The summed E-state index contributed by atoms with van der Waals surface area (Å²) in [6, 6.07) is 7.00. The molecule has 0 aliphatic heterocycles. The van der Waals surface area contributed by atoms with Crippen LogP contribution >= 0.6 is 12.4 Å². The fourth-order valence-electron chi connectivity index (χ4n) is 2.59. The minimum atomic E-state index is -0.542. The van der Waals surface area contributed by atoms with Crippen LogP contribution in [0.5, 0.6) is 5.75 Å². The maximum absolute atomic E-state index is 12.0. The maximum Gasteiger partial charge on any atom is 0.255 e. The predicted octanol–water partition coefficient (Wildman–Crippen LogP) is 1.43. The van der Waals surface area contributed by atoms with Gasteiger partial charge in [0.15, 0.2) is 6.61 Å². The molecule has 0 aromatic heterocycles. The van der Waals surface area contributed by atoms with Crippen LogP contribution in [0.25, 0.3) is 0 Å². The lowest BCUT2D eigenvalue weighted by Crippen LogP contribution is -2.28. The summed E-state index contributed by atoms with van der Waals surface area (Å²) < 4.78 is 5.19. The summed E-state index contributed by atoms with van der Waals surface area (Å²) in [5, 5.41) is 2.83. The van der Waals surface area contributed by atoms with Gasteiger partial charge in [-0.1, -0.05) is 12.5 Å². The molecule has 1 aromatic carbocycles. The topological polar surface area (TPSA) is 107 Å². The van der Waals surface area contributed by atoms with Crippen LogP contribution in [0, 0.1) is 5.92 Å². The van der Waals surface area contributed by atoms with E-state index in [1.807, 2.05) is 0 Å². The van der Waals surface area contributed by atoms with E-state index in [1.165, 1.54) is 0 Å². The summed E-state index contributed by atoms with van der Waals surface area (Å²) in [6.07, 6.45) is 3.54. The van der Waals surface area contributed by atoms with Crippen molar-refractivity contribution in [2.75, 3.05) is 11.9 Å². The number of rotatable bonds is 6. The van der Waals surface area contributed by atoms with E-state index in [2.05, 4.69) is 5.32 Å². The number of hydrogen-bond acceptors (Lipinski definition) is 4. The zero-order valence-corrected chi connectivity index (χ0v) is 13.1. The van der Waals surface area contributed by atoms with Crippen LogP contribution in [0.15, 0.2) is 24.3 Å². The summed E-state index contributed by atoms with van der Waals surface area (Å²) in [6.45, 7) is -0.186. The Bertz CT molecular complexity index is 525. The highest BCUT2D eigenvalue weighted by atomic mass is 35.5. The van der Waals surface area contributed by atoms with Gasteiger partial charge in [-0.3, -0.25) is 9.59 Å². The average molecular weight is 328 g/mol. The van der Waals surface area contributed by atoms with Crippen LogP contribution in [0.4, 0.5) is 5.69 Å². The van der Waals surface area contributed by atoms with Crippen molar-refractivity contribution in [2.45, 2.75) is 31.7 Å². The van der Waals surface area contributed by atoms with Gasteiger partial charge in [-0.2, -0.15) is 0 Å². The molecule has 5 N–H and O–H groups in total. The highest BCUT2D eigenvalue weighted by Gasteiger charge is 2.25. The number of benzene rings is 1. The largest absolute Gasteiger partial charge is 0.484 e. The molecule has 0 saturated heterocycles. The van der Waals surface area contributed by atoms with Gasteiger partial charge in [-0.25, -0.2) is 0 Å². The molecule has 0 radical (unpaired) electrons. The van der Waals surface area contributed by atoms with Crippen molar-refractivity contribution in [3.8, 4) is 5.75 Å². The van der Waals surface area contributed by atoms with E-state index in [0.29, 0.717) is 17.9 Å². The normalized spacial score (nSPS) is 20.0. The molecule has 7 heteroatoms. The Labute approximate surface area is 136 Å². The number of carbonyl (C=O) groups is 2. The van der Waals surface area contributed by atoms with Crippen LogP contribution in [0.2, 0.25) is 0 Å². The summed E-state index contributed by atoms with van der Waals surface area (Å²) in [4.78, 5) is 22.7. The predicted molar refractivity (Wildman–Crippen MR) is 86.9 cm³/mol. The third-order valence-corrected chi connectivity index (χ3v) is 3.66. The van der Waals surface area contributed by atoms with E-state index in [4.69, 9.17) is 16.2 Å². The Morgan fingerprint density at radius 3 is 2.73 bits per heavy atom. The van der Waals surface area contributed by atoms with E-state index in [-0.39, 0.29) is 36.9 Å². The molecule has 2 rings (SSSR count). The van der Waals surface area contributed by atoms with Crippen LogP contribution in [0.3, 0.4) is 0 Å². The fourth-order valence-corrected chi connectivity index (χ4v) is 2.59. The number of nitrogens with one attached hydrogen (secondary N) is 1. The van der Waals surface area contributed by atoms with Crippen molar-refractivity contribution in [1.29, 1.82) is 0 Å². The molecular formula is C15H22ClN3O3. The molecule has 122 valence electrons. The van der Waals surface area contributed by atoms with Gasteiger partial charge in [0, 0.05) is 24.2 Å². The molecule has 6 nitrogen and oxygen atoms in total. The van der Waals surface area contributed by atoms with Crippen LogP contribution in [-0.2, 0) is 9.59 Å². The molecule has 0 bridgehead atoms. The maximum atomic E-state index is 12.0. The van der Waals surface area contributed by atoms with Gasteiger partial charge < -0.3 is 21.5 Å². The number of anilines is 1. The number of primary amides is 1. The van der Waals surface area contributed by atoms with E-state index in [0.717, 1.165) is 19.3 Å². The summed E-state index contributed by atoms with van der Waals surface area (Å²) >= 11 is 0. The smallest absolute Gasteiger partial charge is 0.255 e. The molecule has 0 heterocycles.